The number of hydrogen-bond donors (Lipinski definition) is 0. The molecule has 0 aliphatic heterocycles. The number of rotatable bonds is 5. The molecule has 0 spiro atoms. The van der Waals surface area contributed by atoms with Crippen molar-refractivity contribution in [3.8, 4) is 11.5 Å². The lowest BCUT2D eigenvalue weighted by molar-refractivity contribution is -0.386. The Morgan fingerprint density at radius 2 is 2.12 bits per heavy atom. The Morgan fingerprint density at radius 1 is 1.41 bits per heavy atom. The van der Waals surface area contributed by atoms with Crippen LogP contribution in [0.2, 0.25) is 0 Å². The Kier molecular flexibility index (Phi) is 3.17. The molecule has 1 saturated carbocycles. The topological polar surface area (TPSA) is 61.6 Å². The molecule has 1 aliphatic rings. The van der Waals surface area contributed by atoms with Crippen molar-refractivity contribution in [3.63, 3.8) is 0 Å². The molecule has 0 unspecified atom stereocenters. The van der Waals surface area contributed by atoms with Gasteiger partial charge in [-0.05, 0) is 38.8 Å². The van der Waals surface area contributed by atoms with Crippen molar-refractivity contribution in [2.24, 2.45) is 0 Å². The van der Waals surface area contributed by atoms with Crippen LogP contribution in [0.3, 0.4) is 0 Å². The van der Waals surface area contributed by atoms with Gasteiger partial charge in [-0.1, -0.05) is 0 Å². The smallest absolute Gasteiger partial charge is 0.314 e. The summed E-state index contributed by atoms with van der Waals surface area (Å²) >= 11 is 0. The van der Waals surface area contributed by atoms with Crippen molar-refractivity contribution < 1.29 is 14.4 Å². The van der Waals surface area contributed by atoms with Crippen LogP contribution in [0.15, 0.2) is 18.2 Å². The second-order valence-electron chi connectivity index (χ2n) is 4.37. The van der Waals surface area contributed by atoms with Crippen molar-refractivity contribution in [1.82, 2.24) is 0 Å². The molecular weight excluding hydrogens is 222 g/mol. The van der Waals surface area contributed by atoms with E-state index in [1.807, 2.05) is 13.8 Å². The average molecular weight is 237 g/mol. The third kappa shape index (κ3) is 3.09. The molecule has 0 heterocycles. The second-order valence-corrected chi connectivity index (χ2v) is 4.37. The summed E-state index contributed by atoms with van der Waals surface area (Å²) in [4.78, 5) is 10.5. The predicted octanol–water partition coefficient (Wildman–Crippen LogP) is 2.92. The number of nitro benzene ring substituents is 1. The third-order valence-corrected chi connectivity index (χ3v) is 2.32. The summed E-state index contributed by atoms with van der Waals surface area (Å²) in [6.45, 7) is 3.75. The molecule has 5 heteroatoms. The van der Waals surface area contributed by atoms with Gasteiger partial charge in [0.15, 0.2) is 5.75 Å². The average Bonchev–Trinajstić information content (AvgIpc) is 3.03. The van der Waals surface area contributed by atoms with Gasteiger partial charge in [0.1, 0.15) is 5.75 Å². The van der Waals surface area contributed by atoms with Crippen LogP contribution in [-0.2, 0) is 0 Å². The van der Waals surface area contributed by atoms with Crippen molar-refractivity contribution in [2.45, 2.75) is 38.9 Å². The zero-order valence-corrected chi connectivity index (χ0v) is 9.88. The molecule has 0 atom stereocenters. The van der Waals surface area contributed by atoms with Gasteiger partial charge in [0.25, 0.3) is 0 Å². The van der Waals surface area contributed by atoms with E-state index >= 15 is 0 Å². The molecule has 0 radical (unpaired) electrons. The summed E-state index contributed by atoms with van der Waals surface area (Å²) in [6, 6.07) is 4.72. The minimum absolute atomic E-state index is 0.00944. The van der Waals surface area contributed by atoms with E-state index in [9.17, 15) is 10.1 Å². The van der Waals surface area contributed by atoms with Crippen LogP contribution in [-0.4, -0.2) is 17.1 Å². The van der Waals surface area contributed by atoms with Gasteiger partial charge in [-0.2, -0.15) is 0 Å². The van der Waals surface area contributed by atoms with Gasteiger partial charge in [-0.3, -0.25) is 10.1 Å². The maximum Gasteiger partial charge on any atom is 0.314 e. The molecular formula is C12H15NO4. The highest BCUT2D eigenvalue weighted by Gasteiger charge is 2.27. The fourth-order valence-corrected chi connectivity index (χ4v) is 1.45. The monoisotopic (exact) mass is 237 g/mol. The van der Waals surface area contributed by atoms with Crippen molar-refractivity contribution in [2.75, 3.05) is 0 Å². The highest BCUT2D eigenvalue weighted by atomic mass is 16.6. The summed E-state index contributed by atoms with van der Waals surface area (Å²) < 4.78 is 10.9. The Morgan fingerprint density at radius 3 is 2.65 bits per heavy atom. The van der Waals surface area contributed by atoms with E-state index in [0.29, 0.717) is 11.5 Å². The van der Waals surface area contributed by atoms with Crippen LogP contribution in [0.5, 0.6) is 11.5 Å². The van der Waals surface area contributed by atoms with Gasteiger partial charge in [0.05, 0.1) is 23.2 Å². The molecule has 1 fully saturated rings. The SMILES string of the molecule is CC(C)Oc1ccc(OC2CC2)c([N+](=O)[O-])c1. The minimum atomic E-state index is -0.440. The second kappa shape index (κ2) is 4.61. The van der Waals surface area contributed by atoms with Crippen LogP contribution in [0.25, 0.3) is 0 Å². The maximum absolute atomic E-state index is 10.9. The van der Waals surface area contributed by atoms with Gasteiger partial charge < -0.3 is 9.47 Å². The quantitative estimate of drug-likeness (QED) is 0.583. The van der Waals surface area contributed by atoms with E-state index in [1.165, 1.54) is 6.07 Å². The third-order valence-electron chi connectivity index (χ3n) is 2.32. The van der Waals surface area contributed by atoms with Crippen molar-refractivity contribution >= 4 is 5.69 Å². The number of hydrogen-bond acceptors (Lipinski definition) is 4. The van der Waals surface area contributed by atoms with Crippen LogP contribution in [0, 0.1) is 10.1 Å². The molecule has 1 aliphatic carbocycles. The summed E-state index contributed by atoms with van der Waals surface area (Å²) in [5, 5.41) is 10.9. The van der Waals surface area contributed by atoms with Crippen molar-refractivity contribution in [3.05, 3.63) is 28.3 Å². The molecule has 92 valence electrons. The number of nitrogens with zero attached hydrogens (tertiary/aromatic N) is 1. The number of nitro groups is 1. The highest BCUT2D eigenvalue weighted by Crippen LogP contribution is 2.35. The molecule has 1 aromatic carbocycles. The first-order chi connectivity index (χ1) is 8.06. The lowest BCUT2D eigenvalue weighted by Gasteiger charge is -2.11. The largest absolute Gasteiger partial charge is 0.491 e. The minimum Gasteiger partial charge on any atom is -0.491 e. The Bertz CT molecular complexity index is 427. The molecule has 1 aromatic rings. The van der Waals surface area contributed by atoms with Crippen LogP contribution in [0.4, 0.5) is 5.69 Å². The lowest BCUT2D eigenvalue weighted by Crippen LogP contribution is -2.06. The summed E-state index contributed by atoms with van der Waals surface area (Å²) in [7, 11) is 0. The van der Waals surface area contributed by atoms with E-state index in [2.05, 4.69) is 0 Å². The van der Waals surface area contributed by atoms with Crippen LogP contribution < -0.4 is 9.47 Å². The summed E-state index contributed by atoms with van der Waals surface area (Å²) in [6.07, 6.45) is 2.08. The number of benzene rings is 1. The zero-order chi connectivity index (χ0) is 12.4. The van der Waals surface area contributed by atoms with Gasteiger partial charge >= 0.3 is 5.69 Å². The fourth-order valence-electron chi connectivity index (χ4n) is 1.45. The number of ether oxygens (including phenoxy) is 2. The van der Waals surface area contributed by atoms with E-state index < -0.39 is 4.92 Å². The van der Waals surface area contributed by atoms with E-state index in [-0.39, 0.29) is 17.9 Å². The first-order valence-corrected chi connectivity index (χ1v) is 5.68. The van der Waals surface area contributed by atoms with E-state index in [0.717, 1.165) is 12.8 Å². The fraction of sp³-hybridized carbons (Fsp3) is 0.500. The van der Waals surface area contributed by atoms with Crippen LogP contribution >= 0.6 is 0 Å². The molecule has 0 aromatic heterocycles. The summed E-state index contributed by atoms with van der Waals surface area (Å²) in [5.74, 6) is 0.823. The molecule has 0 amide bonds. The molecule has 5 nitrogen and oxygen atoms in total. The Balaban J connectivity index is 2.23. The van der Waals surface area contributed by atoms with Gasteiger partial charge in [-0.25, -0.2) is 0 Å². The summed E-state index contributed by atoms with van der Waals surface area (Å²) in [5.41, 5.74) is -0.0324. The first kappa shape index (κ1) is 11.7. The maximum atomic E-state index is 10.9. The van der Waals surface area contributed by atoms with Crippen LogP contribution in [0.1, 0.15) is 26.7 Å². The molecule has 2 rings (SSSR count). The molecule has 0 N–H and O–H groups in total. The Hall–Kier alpha value is -1.78. The highest BCUT2D eigenvalue weighted by molar-refractivity contribution is 5.51. The van der Waals surface area contributed by atoms with E-state index in [4.69, 9.17) is 9.47 Å². The Labute approximate surface area is 99.5 Å². The predicted molar refractivity (Wildman–Crippen MR) is 62.5 cm³/mol. The molecule has 0 saturated heterocycles. The van der Waals surface area contributed by atoms with Gasteiger partial charge in [0, 0.05) is 0 Å². The zero-order valence-electron chi connectivity index (χ0n) is 9.88. The molecule has 0 bridgehead atoms. The molecule has 17 heavy (non-hydrogen) atoms. The standard InChI is InChI=1S/C12H15NO4/c1-8(2)16-10-5-6-12(17-9-3-4-9)11(7-10)13(14)15/h5-9H,3-4H2,1-2H3. The van der Waals surface area contributed by atoms with Crippen molar-refractivity contribution in [1.29, 1.82) is 0 Å². The van der Waals surface area contributed by atoms with E-state index in [1.54, 1.807) is 12.1 Å². The normalized spacial score (nSPS) is 14.8. The first-order valence-electron chi connectivity index (χ1n) is 5.68. The lowest BCUT2D eigenvalue weighted by atomic mass is 10.2. The van der Waals surface area contributed by atoms with Gasteiger partial charge in [-0.15, -0.1) is 0 Å². The van der Waals surface area contributed by atoms with Gasteiger partial charge in [0.2, 0.25) is 0 Å².